The number of sulfonamides is 1. The summed E-state index contributed by atoms with van der Waals surface area (Å²) >= 11 is 5.76. The largest absolute Gasteiger partial charge is 0.505 e. The van der Waals surface area contributed by atoms with Gasteiger partial charge in [0, 0.05) is 0 Å². The summed E-state index contributed by atoms with van der Waals surface area (Å²) in [5, 5.41) is 9.81. The number of hydrogen-bond donors (Lipinski definition) is 2. The fourth-order valence-electron chi connectivity index (χ4n) is 2.70. The molecule has 2 N–H and O–H groups in total. The number of carbonyl (C=O) groups is 1. The van der Waals surface area contributed by atoms with Crippen molar-refractivity contribution in [3.8, 4) is 5.75 Å². The summed E-state index contributed by atoms with van der Waals surface area (Å²) in [5.74, 6) is -1.01. The van der Waals surface area contributed by atoms with Crippen LogP contribution in [-0.2, 0) is 19.6 Å². The Kier molecular flexibility index (Phi) is 6.26. The molecule has 2 atom stereocenters. The standard InChI is InChI=1S/C16H20ClNO5S/c1-23-16(20)13(10-11-6-3-2-4-7-11)18-24(21,22)14-9-5-8-12(17)15(14)19/h2-3,5,8-9,11,13,18-19H,4,6-7,10H2,1H3. The molecule has 0 saturated carbocycles. The van der Waals surface area contributed by atoms with Gasteiger partial charge >= 0.3 is 5.97 Å². The second-order valence-corrected chi connectivity index (χ2v) is 7.76. The zero-order chi connectivity index (χ0) is 17.7. The highest BCUT2D eigenvalue weighted by Gasteiger charge is 2.30. The molecule has 6 nitrogen and oxygen atoms in total. The van der Waals surface area contributed by atoms with E-state index in [-0.39, 0.29) is 15.8 Å². The SMILES string of the molecule is COC(=O)C(CC1CC=CCC1)NS(=O)(=O)c1cccc(Cl)c1O. The smallest absolute Gasteiger partial charge is 0.323 e. The van der Waals surface area contributed by atoms with Crippen LogP contribution >= 0.6 is 11.6 Å². The first-order chi connectivity index (χ1) is 11.3. The number of aromatic hydroxyl groups is 1. The lowest BCUT2D eigenvalue weighted by molar-refractivity contribution is -0.143. The maximum Gasteiger partial charge on any atom is 0.323 e. The Labute approximate surface area is 146 Å². The van der Waals surface area contributed by atoms with E-state index >= 15 is 0 Å². The zero-order valence-corrected chi connectivity index (χ0v) is 14.8. The van der Waals surface area contributed by atoms with Crippen molar-refractivity contribution >= 4 is 27.6 Å². The number of phenolic OH excluding ortho intramolecular Hbond substituents is 1. The van der Waals surface area contributed by atoms with Crippen molar-refractivity contribution in [2.75, 3.05) is 7.11 Å². The Morgan fingerprint density at radius 1 is 1.46 bits per heavy atom. The van der Waals surface area contributed by atoms with E-state index in [0.717, 1.165) is 19.3 Å². The Bertz CT molecular complexity index is 732. The average molecular weight is 374 g/mol. The van der Waals surface area contributed by atoms with Crippen molar-refractivity contribution in [1.82, 2.24) is 4.72 Å². The Morgan fingerprint density at radius 2 is 2.21 bits per heavy atom. The minimum absolute atomic E-state index is 0.0788. The van der Waals surface area contributed by atoms with Gasteiger partial charge in [-0.3, -0.25) is 4.79 Å². The van der Waals surface area contributed by atoms with Gasteiger partial charge in [0.25, 0.3) is 0 Å². The number of ether oxygens (including phenoxy) is 1. The van der Waals surface area contributed by atoms with E-state index in [9.17, 15) is 18.3 Å². The zero-order valence-electron chi connectivity index (χ0n) is 13.2. The molecule has 0 amide bonds. The molecule has 24 heavy (non-hydrogen) atoms. The van der Waals surface area contributed by atoms with Gasteiger partial charge in [0.1, 0.15) is 10.9 Å². The number of carbonyl (C=O) groups excluding carboxylic acids is 1. The van der Waals surface area contributed by atoms with Gasteiger partial charge in [0.2, 0.25) is 10.0 Å². The minimum Gasteiger partial charge on any atom is -0.505 e. The molecular formula is C16H20ClNO5S. The molecule has 132 valence electrons. The highest BCUT2D eigenvalue weighted by atomic mass is 35.5. The lowest BCUT2D eigenvalue weighted by Gasteiger charge is -2.23. The van der Waals surface area contributed by atoms with Gasteiger partial charge in [-0.25, -0.2) is 8.42 Å². The molecule has 0 heterocycles. The maximum absolute atomic E-state index is 12.5. The van der Waals surface area contributed by atoms with Crippen LogP contribution in [-0.4, -0.2) is 32.6 Å². The van der Waals surface area contributed by atoms with Crippen molar-refractivity contribution in [3.63, 3.8) is 0 Å². The van der Waals surface area contributed by atoms with E-state index in [2.05, 4.69) is 10.8 Å². The van der Waals surface area contributed by atoms with Crippen LogP contribution in [0.3, 0.4) is 0 Å². The van der Waals surface area contributed by atoms with Crippen LogP contribution < -0.4 is 4.72 Å². The fraction of sp³-hybridized carbons (Fsp3) is 0.438. The molecule has 8 heteroatoms. The fourth-order valence-corrected chi connectivity index (χ4v) is 4.25. The summed E-state index contributed by atoms with van der Waals surface area (Å²) < 4.78 is 32.1. The number of esters is 1. The molecule has 2 unspecified atom stereocenters. The molecule has 1 aliphatic rings. The topological polar surface area (TPSA) is 92.7 Å². The number of methoxy groups -OCH3 is 1. The van der Waals surface area contributed by atoms with Crippen molar-refractivity contribution < 1.29 is 23.1 Å². The van der Waals surface area contributed by atoms with Gasteiger partial charge in [-0.05, 0) is 43.7 Å². The quantitative estimate of drug-likeness (QED) is 0.590. The maximum atomic E-state index is 12.5. The van der Waals surface area contributed by atoms with E-state index in [4.69, 9.17) is 16.3 Å². The number of para-hydroxylation sites is 1. The molecule has 1 aromatic rings. The predicted molar refractivity (Wildman–Crippen MR) is 90.3 cm³/mol. The van der Waals surface area contributed by atoms with Crippen LogP contribution in [0.1, 0.15) is 25.7 Å². The minimum atomic E-state index is -4.12. The first kappa shape index (κ1) is 18.8. The predicted octanol–water partition coefficient (Wildman–Crippen LogP) is 2.61. The van der Waals surface area contributed by atoms with E-state index in [1.54, 1.807) is 0 Å². The number of nitrogens with one attached hydrogen (secondary N) is 1. The van der Waals surface area contributed by atoms with Crippen LogP contribution in [0.5, 0.6) is 5.75 Å². The number of rotatable bonds is 6. The van der Waals surface area contributed by atoms with Crippen molar-refractivity contribution in [1.29, 1.82) is 0 Å². The highest BCUT2D eigenvalue weighted by molar-refractivity contribution is 7.89. The van der Waals surface area contributed by atoms with Gasteiger partial charge in [0.05, 0.1) is 12.1 Å². The first-order valence-electron chi connectivity index (χ1n) is 7.57. The van der Waals surface area contributed by atoms with Crippen molar-refractivity contribution in [2.45, 2.75) is 36.6 Å². The van der Waals surface area contributed by atoms with E-state index in [0.29, 0.717) is 6.42 Å². The molecule has 0 fully saturated rings. The van der Waals surface area contributed by atoms with Crippen LogP contribution in [0.4, 0.5) is 0 Å². The van der Waals surface area contributed by atoms with Crippen molar-refractivity contribution in [2.24, 2.45) is 5.92 Å². The summed E-state index contributed by atoms with van der Waals surface area (Å²) in [7, 11) is -2.91. The third-order valence-electron chi connectivity index (χ3n) is 3.97. The summed E-state index contributed by atoms with van der Waals surface area (Å²) in [6.45, 7) is 0. The molecule has 0 bridgehead atoms. The summed E-state index contributed by atoms with van der Waals surface area (Å²) in [4.78, 5) is 11.6. The van der Waals surface area contributed by atoms with Crippen molar-refractivity contribution in [3.05, 3.63) is 35.4 Å². The summed E-state index contributed by atoms with van der Waals surface area (Å²) in [6.07, 6.45) is 7.00. The average Bonchev–Trinajstić information content (AvgIpc) is 2.56. The summed E-state index contributed by atoms with van der Waals surface area (Å²) in [5.41, 5.74) is 0. The molecule has 0 aliphatic heterocycles. The molecule has 2 rings (SSSR count). The molecule has 0 spiro atoms. The lowest BCUT2D eigenvalue weighted by Crippen LogP contribution is -2.42. The molecule has 0 saturated heterocycles. The van der Waals surface area contributed by atoms with Crippen LogP contribution in [0.2, 0.25) is 5.02 Å². The molecule has 0 radical (unpaired) electrons. The molecular weight excluding hydrogens is 354 g/mol. The second-order valence-electron chi connectivity index (χ2n) is 5.67. The number of benzene rings is 1. The van der Waals surface area contributed by atoms with E-state index in [1.165, 1.54) is 25.3 Å². The lowest BCUT2D eigenvalue weighted by atomic mass is 9.89. The van der Waals surface area contributed by atoms with Gasteiger partial charge < -0.3 is 9.84 Å². The van der Waals surface area contributed by atoms with Crippen LogP contribution in [0, 0.1) is 5.92 Å². The first-order valence-corrected chi connectivity index (χ1v) is 9.44. The molecule has 1 aliphatic carbocycles. The van der Waals surface area contributed by atoms with Gasteiger partial charge in [0.15, 0.2) is 5.75 Å². The third kappa shape index (κ3) is 4.49. The van der Waals surface area contributed by atoms with Gasteiger partial charge in [-0.15, -0.1) is 0 Å². The van der Waals surface area contributed by atoms with Crippen LogP contribution in [0.25, 0.3) is 0 Å². The summed E-state index contributed by atoms with van der Waals surface area (Å²) in [6, 6.07) is 2.99. The van der Waals surface area contributed by atoms with E-state index < -0.39 is 27.8 Å². The number of hydrogen-bond acceptors (Lipinski definition) is 5. The molecule has 0 aromatic heterocycles. The molecule has 1 aromatic carbocycles. The number of halogens is 1. The number of allylic oxidation sites excluding steroid dienone is 2. The highest BCUT2D eigenvalue weighted by Crippen LogP contribution is 2.31. The Balaban J connectivity index is 2.22. The monoisotopic (exact) mass is 373 g/mol. The van der Waals surface area contributed by atoms with E-state index in [1.807, 2.05) is 6.08 Å². The third-order valence-corrected chi connectivity index (χ3v) is 5.78. The van der Waals surface area contributed by atoms with Crippen LogP contribution in [0.15, 0.2) is 35.2 Å². The Morgan fingerprint density at radius 3 is 2.83 bits per heavy atom. The van der Waals surface area contributed by atoms with Gasteiger partial charge in [-0.1, -0.05) is 29.8 Å². The number of phenols is 1. The normalized spacial score (nSPS) is 19.0. The Hall–Kier alpha value is -1.57. The van der Waals surface area contributed by atoms with Gasteiger partial charge in [-0.2, -0.15) is 4.72 Å². The second kappa shape index (κ2) is 8.00.